The van der Waals surface area contributed by atoms with Crippen molar-refractivity contribution in [3.05, 3.63) is 23.5 Å². The number of halogens is 1. The molecule has 0 atom stereocenters. The number of rotatable bonds is 0. The summed E-state index contributed by atoms with van der Waals surface area (Å²) in [6, 6.07) is 3.87. The van der Waals surface area contributed by atoms with Crippen LogP contribution in [0.3, 0.4) is 0 Å². The van der Waals surface area contributed by atoms with Crippen molar-refractivity contribution in [2.24, 2.45) is 0 Å². The number of hydrogen-bond donors (Lipinski definition) is 0. The standard InChI is InChI=1S/C10H15B2F/c1-10(2,3)6-4-7(11)9(13)8(12)5-6/h4-5H,11-12H2,1-3H3. The van der Waals surface area contributed by atoms with Crippen molar-refractivity contribution in [1.29, 1.82) is 0 Å². The minimum Gasteiger partial charge on any atom is -0.208 e. The predicted molar refractivity (Wildman–Crippen MR) is 61.5 cm³/mol. The molecule has 0 N–H and O–H groups in total. The van der Waals surface area contributed by atoms with Crippen molar-refractivity contribution < 1.29 is 4.39 Å². The highest BCUT2D eigenvalue weighted by atomic mass is 19.1. The maximum Gasteiger partial charge on any atom is 0.143 e. The smallest absolute Gasteiger partial charge is 0.143 e. The normalized spacial score (nSPS) is 11.7. The lowest BCUT2D eigenvalue weighted by molar-refractivity contribution is 0.587. The van der Waals surface area contributed by atoms with Crippen LogP contribution in [0.5, 0.6) is 0 Å². The first kappa shape index (κ1) is 10.4. The molecular formula is C10H15B2F. The van der Waals surface area contributed by atoms with E-state index in [1.807, 2.05) is 27.8 Å². The SMILES string of the molecule is Bc1cc(C(C)(C)C)cc(B)c1F. The van der Waals surface area contributed by atoms with Crippen molar-refractivity contribution >= 4 is 26.6 Å². The Kier molecular flexibility index (Phi) is 2.56. The fraction of sp³-hybridized carbons (Fsp3) is 0.400. The number of hydrogen-bond acceptors (Lipinski definition) is 0. The Bertz CT molecular complexity index is 303. The molecule has 0 bridgehead atoms. The Labute approximate surface area is 81.4 Å². The van der Waals surface area contributed by atoms with Crippen LogP contribution in [0, 0.1) is 5.82 Å². The van der Waals surface area contributed by atoms with E-state index in [2.05, 4.69) is 20.8 Å². The molecule has 0 heterocycles. The maximum atomic E-state index is 13.3. The third-order valence-corrected chi connectivity index (χ3v) is 2.30. The Morgan fingerprint density at radius 3 is 1.77 bits per heavy atom. The van der Waals surface area contributed by atoms with Gasteiger partial charge in [-0.25, -0.2) is 4.39 Å². The summed E-state index contributed by atoms with van der Waals surface area (Å²) in [5.41, 5.74) is 2.78. The quantitative estimate of drug-likeness (QED) is 0.473. The molecule has 0 nitrogen and oxygen atoms in total. The van der Waals surface area contributed by atoms with E-state index in [9.17, 15) is 4.39 Å². The highest BCUT2D eigenvalue weighted by molar-refractivity contribution is 6.38. The van der Waals surface area contributed by atoms with Crippen LogP contribution >= 0.6 is 0 Å². The second-order valence-corrected chi connectivity index (χ2v) is 4.67. The zero-order valence-electron chi connectivity index (χ0n) is 9.03. The molecule has 3 heteroatoms. The van der Waals surface area contributed by atoms with E-state index in [-0.39, 0.29) is 11.2 Å². The minimum atomic E-state index is -0.0759. The molecule has 0 aromatic heterocycles. The summed E-state index contributed by atoms with van der Waals surface area (Å²) in [6.45, 7) is 6.41. The molecule has 0 spiro atoms. The van der Waals surface area contributed by atoms with Crippen molar-refractivity contribution in [2.75, 3.05) is 0 Å². The van der Waals surface area contributed by atoms with E-state index in [1.54, 1.807) is 0 Å². The van der Waals surface area contributed by atoms with Gasteiger partial charge in [0.15, 0.2) is 0 Å². The van der Waals surface area contributed by atoms with E-state index < -0.39 is 0 Å². The summed E-state index contributed by atoms with van der Waals surface area (Å²) in [6.07, 6.45) is 0. The van der Waals surface area contributed by atoms with Gasteiger partial charge in [-0.05, 0) is 11.0 Å². The molecule has 13 heavy (non-hydrogen) atoms. The van der Waals surface area contributed by atoms with Crippen LogP contribution in [0.1, 0.15) is 26.3 Å². The van der Waals surface area contributed by atoms with Crippen molar-refractivity contribution in [3.8, 4) is 0 Å². The first-order chi connectivity index (χ1) is 5.82. The fourth-order valence-electron chi connectivity index (χ4n) is 1.38. The van der Waals surface area contributed by atoms with Crippen LogP contribution in [-0.2, 0) is 5.41 Å². The summed E-state index contributed by atoms with van der Waals surface area (Å²) in [5.74, 6) is -0.0759. The van der Waals surface area contributed by atoms with Gasteiger partial charge in [-0.2, -0.15) is 0 Å². The van der Waals surface area contributed by atoms with E-state index in [0.717, 1.165) is 10.9 Å². The highest BCUT2D eigenvalue weighted by Crippen LogP contribution is 2.20. The van der Waals surface area contributed by atoms with Gasteiger partial charge in [-0.15, -0.1) is 0 Å². The van der Waals surface area contributed by atoms with E-state index in [4.69, 9.17) is 0 Å². The predicted octanol–water partition coefficient (Wildman–Crippen LogP) is -0.360. The Morgan fingerprint density at radius 1 is 1.08 bits per heavy atom. The van der Waals surface area contributed by atoms with Crippen LogP contribution in [0.15, 0.2) is 12.1 Å². The summed E-state index contributed by atoms with van der Waals surface area (Å²) in [7, 11) is 3.63. The molecule has 0 aliphatic heterocycles. The maximum absolute atomic E-state index is 13.3. The molecule has 1 rings (SSSR count). The second kappa shape index (κ2) is 3.21. The molecule has 0 amide bonds. The van der Waals surface area contributed by atoms with Gasteiger partial charge in [0, 0.05) is 0 Å². The molecule has 68 valence electrons. The zero-order chi connectivity index (χ0) is 10.2. The van der Waals surface area contributed by atoms with Crippen LogP contribution < -0.4 is 10.9 Å². The van der Waals surface area contributed by atoms with Crippen LogP contribution in [-0.4, -0.2) is 15.7 Å². The largest absolute Gasteiger partial charge is 0.208 e. The molecule has 0 aliphatic rings. The monoisotopic (exact) mass is 176 g/mol. The molecule has 0 saturated heterocycles. The van der Waals surface area contributed by atoms with Gasteiger partial charge in [-0.3, -0.25) is 0 Å². The van der Waals surface area contributed by atoms with Crippen LogP contribution in [0.2, 0.25) is 0 Å². The zero-order valence-corrected chi connectivity index (χ0v) is 9.03. The summed E-state index contributed by atoms with van der Waals surface area (Å²) in [4.78, 5) is 0. The van der Waals surface area contributed by atoms with E-state index >= 15 is 0 Å². The Balaban J connectivity index is 3.29. The first-order valence-corrected chi connectivity index (χ1v) is 4.59. The average Bonchev–Trinajstić information content (AvgIpc) is 1.97. The van der Waals surface area contributed by atoms with Gasteiger partial charge in [0.25, 0.3) is 0 Å². The summed E-state index contributed by atoms with van der Waals surface area (Å²) >= 11 is 0. The molecule has 0 unspecified atom stereocenters. The van der Waals surface area contributed by atoms with Crippen molar-refractivity contribution in [2.45, 2.75) is 26.2 Å². The minimum absolute atomic E-state index is 0.0759. The first-order valence-electron chi connectivity index (χ1n) is 4.59. The lowest BCUT2D eigenvalue weighted by atomic mass is 9.78. The highest BCUT2D eigenvalue weighted by Gasteiger charge is 2.15. The Morgan fingerprint density at radius 2 is 1.46 bits per heavy atom. The molecule has 0 fully saturated rings. The van der Waals surface area contributed by atoms with Gasteiger partial charge in [0.2, 0.25) is 0 Å². The molecular weight excluding hydrogens is 161 g/mol. The van der Waals surface area contributed by atoms with Gasteiger partial charge < -0.3 is 0 Å². The van der Waals surface area contributed by atoms with E-state index in [0.29, 0.717) is 0 Å². The average molecular weight is 176 g/mol. The van der Waals surface area contributed by atoms with Gasteiger partial charge in [0.1, 0.15) is 21.5 Å². The third-order valence-electron chi connectivity index (χ3n) is 2.30. The molecule has 0 radical (unpaired) electrons. The van der Waals surface area contributed by atoms with Crippen LogP contribution in [0.4, 0.5) is 4.39 Å². The lowest BCUT2D eigenvalue weighted by Crippen LogP contribution is -2.26. The lowest BCUT2D eigenvalue weighted by Gasteiger charge is -2.20. The van der Waals surface area contributed by atoms with Gasteiger partial charge in [-0.1, -0.05) is 43.8 Å². The Hall–Kier alpha value is -0.720. The van der Waals surface area contributed by atoms with Gasteiger partial charge >= 0.3 is 0 Å². The van der Waals surface area contributed by atoms with E-state index in [1.165, 1.54) is 5.56 Å². The number of benzene rings is 1. The summed E-state index contributed by atoms with van der Waals surface area (Å²) < 4.78 is 13.3. The third kappa shape index (κ3) is 2.15. The van der Waals surface area contributed by atoms with Gasteiger partial charge in [0.05, 0.1) is 0 Å². The van der Waals surface area contributed by atoms with Crippen LogP contribution in [0.25, 0.3) is 0 Å². The second-order valence-electron chi connectivity index (χ2n) is 4.67. The molecule has 0 saturated carbocycles. The summed E-state index contributed by atoms with van der Waals surface area (Å²) in [5, 5.41) is 0. The van der Waals surface area contributed by atoms with Crippen molar-refractivity contribution in [1.82, 2.24) is 0 Å². The molecule has 1 aromatic rings. The fourth-order valence-corrected chi connectivity index (χ4v) is 1.38. The topological polar surface area (TPSA) is 0 Å². The molecule has 1 aromatic carbocycles. The van der Waals surface area contributed by atoms with Crippen molar-refractivity contribution in [3.63, 3.8) is 0 Å². The molecule has 0 aliphatic carbocycles.